The summed E-state index contributed by atoms with van der Waals surface area (Å²) in [5, 5.41) is 10.7. The third kappa shape index (κ3) is 2.00. The van der Waals surface area contributed by atoms with Crippen molar-refractivity contribution < 1.29 is 38.4 Å². The molecule has 1 aliphatic carbocycles. The Hall–Kier alpha value is -1.67. The highest BCUT2D eigenvalue weighted by Gasteiger charge is 2.86. The van der Waals surface area contributed by atoms with Crippen LogP contribution in [0.1, 0.15) is 53.9 Å². The fourth-order valence-corrected chi connectivity index (χ4v) is 6.02. The van der Waals surface area contributed by atoms with E-state index < -0.39 is 58.7 Å². The van der Waals surface area contributed by atoms with Gasteiger partial charge in [0, 0.05) is 11.3 Å². The number of fused-ring (bicyclic) bond motifs is 5. The third-order valence-corrected chi connectivity index (χ3v) is 7.77. The molecule has 0 bridgehead atoms. The van der Waals surface area contributed by atoms with Gasteiger partial charge in [0.25, 0.3) is 0 Å². The Bertz CT molecular complexity index is 736. The zero-order valence-corrected chi connectivity index (χ0v) is 16.9. The van der Waals surface area contributed by atoms with Gasteiger partial charge in [0.2, 0.25) is 6.29 Å². The Labute approximate surface area is 163 Å². The van der Waals surface area contributed by atoms with Crippen molar-refractivity contribution in [2.75, 3.05) is 0 Å². The van der Waals surface area contributed by atoms with E-state index in [1.807, 2.05) is 20.8 Å². The zero-order valence-electron chi connectivity index (χ0n) is 16.9. The number of aliphatic hydroxyl groups is 1. The maximum atomic E-state index is 13.6. The number of hydrogen-bond acceptors (Lipinski definition) is 8. The molecule has 6 unspecified atom stereocenters. The van der Waals surface area contributed by atoms with Gasteiger partial charge >= 0.3 is 17.9 Å². The van der Waals surface area contributed by atoms with E-state index >= 15 is 0 Å². The summed E-state index contributed by atoms with van der Waals surface area (Å²) in [7, 11) is 0. The first-order valence-electron chi connectivity index (χ1n) is 10.0. The van der Waals surface area contributed by atoms with Gasteiger partial charge in [0.1, 0.15) is 6.10 Å². The maximum absolute atomic E-state index is 13.6. The molecule has 0 aromatic carbocycles. The van der Waals surface area contributed by atoms with Crippen LogP contribution in [0.4, 0.5) is 0 Å². The predicted octanol–water partition coefficient (Wildman–Crippen LogP) is 1.32. The highest BCUT2D eigenvalue weighted by Crippen LogP contribution is 2.73. The fraction of sp³-hybridized carbons (Fsp3) is 0.850. The fourth-order valence-electron chi connectivity index (χ4n) is 6.02. The molecule has 4 rings (SSSR count). The molecule has 0 radical (unpaired) electrons. The van der Waals surface area contributed by atoms with Gasteiger partial charge in [0.15, 0.2) is 11.7 Å². The van der Waals surface area contributed by atoms with E-state index in [0.29, 0.717) is 6.42 Å². The number of rotatable bonds is 4. The molecule has 156 valence electrons. The summed E-state index contributed by atoms with van der Waals surface area (Å²) in [5.74, 6) is -2.87. The Kier molecular flexibility index (Phi) is 4.15. The topological polar surface area (TPSA) is 108 Å². The lowest BCUT2D eigenvalue weighted by Gasteiger charge is -2.44. The van der Waals surface area contributed by atoms with Crippen molar-refractivity contribution in [2.45, 2.75) is 84.1 Å². The molecule has 4 aliphatic rings. The molecule has 1 saturated carbocycles. The minimum Gasteiger partial charge on any atom is -0.462 e. The summed E-state index contributed by atoms with van der Waals surface area (Å²) >= 11 is 0. The Balaban J connectivity index is 1.82. The quantitative estimate of drug-likeness (QED) is 0.560. The van der Waals surface area contributed by atoms with Gasteiger partial charge < -0.3 is 24.1 Å². The first kappa shape index (κ1) is 19.6. The number of esters is 3. The Morgan fingerprint density at radius 3 is 2.61 bits per heavy atom. The standard InChI is InChI=1S/C20H28O8/c1-6-7-9(2)25-16(24)20-12-10(3)14(22)26-11(12)8-18(20,4)19(5)13(21)15(23)27-17(19)28-20/h9-13,17,21H,6-8H2,1-5H3/t9?,10-,11?,12+,13+,17?,18?,19?,20?/m1/s1. The first-order valence-corrected chi connectivity index (χ1v) is 10.0. The van der Waals surface area contributed by atoms with Crippen molar-refractivity contribution in [3.63, 3.8) is 0 Å². The van der Waals surface area contributed by atoms with Gasteiger partial charge in [-0.2, -0.15) is 0 Å². The summed E-state index contributed by atoms with van der Waals surface area (Å²) in [6.45, 7) is 9.03. The highest BCUT2D eigenvalue weighted by atomic mass is 16.7. The normalized spacial score (nSPS) is 49.9. The SMILES string of the molecule is CCCC(C)OC(=O)C12OC3OC(=O)[C@H](O)C3(C)C1(C)CC1OC(=O)[C@H](C)[C@@H]12. The number of carbonyl (C=O) groups excluding carboxylic acids is 3. The Morgan fingerprint density at radius 1 is 1.29 bits per heavy atom. The molecule has 8 heteroatoms. The second-order valence-corrected chi connectivity index (χ2v) is 9.14. The van der Waals surface area contributed by atoms with Crippen molar-refractivity contribution in [2.24, 2.45) is 22.7 Å². The summed E-state index contributed by atoms with van der Waals surface area (Å²) < 4.78 is 22.8. The summed E-state index contributed by atoms with van der Waals surface area (Å²) in [5.41, 5.74) is -3.70. The van der Waals surface area contributed by atoms with Crippen LogP contribution in [0, 0.1) is 22.7 Å². The molecule has 3 saturated heterocycles. The number of carbonyl (C=O) groups is 3. The third-order valence-electron chi connectivity index (χ3n) is 7.77. The second-order valence-electron chi connectivity index (χ2n) is 9.14. The molecule has 0 aromatic rings. The van der Waals surface area contributed by atoms with Gasteiger partial charge in [-0.25, -0.2) is 9.59 Å². The minimum atomic E-state index is -1.54. The van der Waals surface area contributed by atoms with Gasteiger partial charge in [-0.15, -0.1) is 0 Å². The summed E-state index contributed by atoms with van der Waals surface area (Å²) in [6.07, 6.45) is -1.56. The molecule has 0 spiro atoms. The van der Waals surface area contributed by atoms with Crippen molar-refractivity contribution in [1.29, 1.82) is 0 Å². The zero-order chi connectivity index (χ0) is 20.6. The molecule has 3 heterocycles. The van der Waals surface area contributed by atoms with E-state index in [9.17, 15) is 19.5 Å². The van der Waals surface area contributed by atoms with Crippen LogP contribution in [-0.4, -0.2) is 53.2 Å². The molecular weight excluding hydrogens is 368 g/mol. The van der Waals surface area contributed by atoms with E-state index in [4.69, 9.17) is 18.9 Å². The molecule has 0 amide bonds. The van der Waals surface area contributed by atoms with Gasteiger partial charge in [-0.05, 0) is 26.7 Å². The smallest absolute Gasteiger partial charge is 0.339 e. The lowest BCUT2D eigenvalue weighted by atomic mass is 9.57. The largest absolute Gasteiger partial charge is 0.462 e. The van der Waals surface area contributed by atoms with Crippen LogP contribution in [0.2, 0.25) is 0 Å². The monoisotopic (exact) mass is 396 g/mol. The van der Waals surface area contributed by atoms with Crippen LogP contribution >= 0.6 is 0 Å². The average molecular weight is 396 g/mol. The molecule has 4 fully saturated rings. The van der Waals surface area contributed by atoms with Crippen molar-refractivity contribution in [3.8, 4) is 0 Å². The second kappa shape index (κ2) is 5.92. The lowest BCUT2D eigenvalue weighted by Crippen LogP contribution is -2.59. The van der Waals surface area contributed by atoms with Crippen LogP contribution in [0.5, 0.6) is 0 Å². The number of aliphatic hydroxyl groups excluding tert-OH is 1. The molecule has 0 aromatic heterocycles. The van der Waals surface area contributed by atoms with E-state index in [1.165, 1.54) is 0 Å². The van der Waals surface area contributed by atoms with E-state index in [2.05, 4.69) is 0 Å². The van der Waals surface area contributed by atoms with Crippen molar-refractivity contribution >= 4 is 17.9 Å². The van der Waals surface area contributed by atoms with E-state index in [-0.39, 0.29) is 18.5 Å². The molecule has 1 N–H and O–H groups in total. The van der Waals surface area contributed by atoms with E-state index in [0.717, 1.165) is 6.42 Å². The van der Waals surface area contributed by atoms with Crippen LogP contribution < -0.4 is 0 Å². The molecule has 9 atom stereocenters. The molecule has 3 aliphatic heterocycles. The minimum absolute atomic E-state index is 0.283. The molecule has 28 heavy (non-hydrogen) atoms. The van der Waals surface area contributed by atoms with Crippen LogP contribution in [0.25, 0.3) is 0 Å². The van der Waals surface area contributed by atoms with Crippen molar-refractivity contribution in [3.05, 3.63) is 0 Å². The average Bonchev–Trinajstić information content (AvgIpc) is 3.17. The number of ether oxygens (including phenoxy) is 4. The molecular formula is C20H28O8. The van der Waals surface area contributed by atoms with Crippen LogP contribution in [0.3, 0.4) is 0 Å². The van der Waals surface area contributed by atoms with Crippen molar-refractivity contribution in [1.82, 2.24) is 0 Å². The van der Waals surface area contributed by atoms with Gasteiger partial charge in [0.05, 0.1) is 17.4 Å². The van der Waals surface area contributed by atoms with Gasteiger partial charge in [-0.1, -0.05) is 27.2 Å². The maximum Gasteiger partial charge on any atom is 0.339 e. The van der Waals surface area contributed by atoms with Crippen LogP contribution in [0.15, 0.2) is 0 Å². The molecule has 8 nitrogen and oxygen atoms in total. The lowest BCUT2D eigenvalue weighted by molar-refractivity contribution is -0.217. The first-order chi connectivity index (χ1) is 13.0. The van der Waals surface area contributed by atoms with E-state index in [1.54, 1.807) is 13.8 Å². The van der Waals surface area contributed by atoms with Gasteiger partial charge in [-0.3, -0.25) is 4.79 Å². The predicted molar refractivity (Wildman–Crippen MR) is 93.5 cm³/mol. The highest BCUT2D eigenvalue weighted by molar-refractivity contribution is 5.88. The summed E-state index contributed by atoms with van der Waals surface area (Å²) in [4.78, 5) is 37.9. The Morgan fingerprint density at radius 2 is 1.96 bits per heavy atom. The van der Waals surface area contributed by atoms with Crippen LogP contribution in [-0.2, 0) is 33.3 Å². The number of hydrogen-bond donors (Lipinski definition) is 1. The summed E-state index contributed by atoms with van der Waals surface area (Å²) in [6, 6.07) is 0.